The Morgan fingerprint density at radius 2 is 2.04 bits per heavy atom. The lowest BCUT2D eigenvalue weighted by molar-refractivity contribution is -0.177. The molecule has 7 nitrogen and oxygen atoms in total. The van der Waals surface area contributed by atoms with E-state index in [1.165, 1.54) is 12.1 Å². The van der Waals surface area contributed by atoms with Gasteiger partial charge >= 0.3 is 16.1 Å². The second kappa shape index (κ2) is 6.26. The zero-order chi connectivity index (χ0) is 18.2. The van der Waals surface area contributed by atoms with Gasteiger partial charge in [-0.05, 0) is 32.4 Å². The smallest absolute Gasteiger partial charge is 0.344 e. The largest absolute Gasteiger partial charge is 0.464 e. The first kappa shape index (κ1) is 17.6. The molecule has 1 aliphatic heterocycles. The fourth-order valence-electron chi connectivity index (χ4n) is 3.22. The van der Waals surface area contributed by atoms with Crippen molar-refractivity contribution in [3.05, 3.63) is 42.0 Å². The fraction of sp³-hybridized carbons (Fsp3) is 0.412. The second-order valence-corrected chi connectivity index (χ2v) is 7.59. The predicted octanol–water partition coefficient (Wildman–Crippen LogP) is 1.70. The van der Waals surface area contributed by atoms with Crippen molar-refractivity contribution < 1.29 is 22.2 Å². The summed E-state index contributed by atoms with van der Waals surface area (Å²) in [6, 6.07) is 7.60. The standard InChI is InChI=1S/C17H18N2O5S/c1-3-23-16(20)17(11-18)13-6-7-14(10-13)19(17)24-25(21,22)15-8-4-12(2)5-9-15/h4-9,13-14H,3,10H2,1-2H3/t13?,14?,17-/m0/s1. The molecule has 1 fully saturated rings. The third-order valence-electron chi connectivity index (χ3n) is 4.49. The predicted molar refractivity (Wildman–Crippen MR) is 87.3 cm³/mol. The molecule has 2 aliphatic rings. The van der Waals surface area contributed by atoms with Gasteiger partial charge in [0.2, 0.25) is 5.54 Å². The van der Waals surface area contributed by atoms with Crippen LogP contribution in [0.3, 0.4) is 0 Å². The van der Waals surface area contributed by atoms with E-state index in [9.17, 15) is 18.5 Å². The Hall–Kier alpha value is -2.21. The molecule has 2 unspecified atom stereocenters. The zero-order valence-electron chi connectivity index (χ0n) is 13.9. The summed E-state index contributed by atoms with van der Waals surface area (Å²) in [6.07, 6.45) is 3.91. The van der Waals surface area contributed by atoms with Crippen molar-refractivity contribution in [2.75, 3.05) is 6.61 Å². The van der Waals surface area contributed by atoms with Gasteiger partial charge in [-0.3, -0.25) is 0 Å². The highest BCUT2D eigenvalue weighted by Gasteiger charge is 2.63. The number of ether oxygens (including phenoxy) is 1. The van der Waals surface area contributed by atoms with Crippen LogP contribution in [-0.4, -0.2) is 37.6 Å². The maximum Gasteiger partial charge on any atom is 0.344 e. The molecule has 1 aliphatic carbocycles. The lowest BCUT2D eigenvalue weighted by atomic mass is 9.87. The summed E-state index contributed by atoms with van der Waals surface area (Å²) in [5, 5.41) is 10.7. The Kier molecular flexibility index (Phi) is 4.41. The number of rotatable bonds is 5. The molecule has 1 aromatic carbocycles. The van der Waals surface area contributed by atoms with Crippen LogP contribution in [0, 0.1) is 24.2 Å². The number of nitriles is 1. The van der Waals surface area contributed by atoms with Gasteiger partial charge in [0.05, 0.1) is 17.5 Å². The molecule has 0 saturated carbocycles. The van der Waals surface area contributed by atoms with Crippen molar-refractivity contribution in [2.45, 2.75) is 36.7 Å². The van der Waals surface area contributed by atoms with E-state index in [2.05, 4.69) is 0 Å². The van der Waals surface area contributed by atoms with Crippen molar-refractivity contribution in [3.8, 4) is 6.07 Å². The number of aryl methyl sites for hydroxylation is 1. The molecule has 3 rings (SSSR count). The van der Waals surface area contributed by atoms with E-state index in [1.807, 2.05) is 13.0 Å². The minimum absolute atomic E-state index is 0.0412. The van der Waals surface area contributed by atoms with Gasteiger partial charge < -0.3 is 4.74 Å². The first-order chi connectivity index (χ1) is 11.8. The molecule has 2 bridgehead atoms. The van der Waals surface area contributed by atoms with Crippen LogP contribution in [0.2, 0.25) is 0 Å². The lowest BCUT2D eigenvalue weighted by Gasteiger charge is -2.35. The Labute approximate surface area is 146 Å². The number of hydrogen-bond acceptors (Lipinski definition) is 7. The molecular formula is C17H18N2O5S. The van der Waals surface area contributed by atoms with Crippen LogP contribution in [-0.2, 0) is 23.9 Å². The van der Waals surface area contributed by atoms with Gasteiger partial charge in [-0.2, -0.15) is 18.0 Å². The summed E-state index contributed by atoms with van der Waals surface area (Å²) < 4.78 is 35.5. The third kappa shape index (κ3) is 2.74. The topological polar surface area (TPSA) is 96.7 Å². The van der Waals surface area contributed by atoms with Crippen LogP contribution in [0.4, 0.5) is 0 Å². The average molecular weight is 362 g/mol. The summed E-state index contributed by atoms with van der Waals surface area (Å²) >= 11 is 0. The van der Waals surface area contributed by atoms with Gasteiger partial charge in [-0.1, -0.05) is 29.8 Å². The summed E-state index contributed by atoms with van der Waals surface area (Å²) in [6.45, 7) is 3.55. The number of carbonyl (C=O) groups is 1. The highest BCUT2D eigenvalue weighted by molar-refractivity contribution is 7.86. The molecule has 25 heavy (non-hydrogen) atoms. The van der Waals surface area contributed by atoms with E-state index in [0.717, 1.165) is 10.6 Å². The van der Waals surface area contributed by atoms with E-state index >= 15 is 0 Å². The van der Waals surface area contributed by atoms with Crippen LogP contribution < -0.4 is 0 Å². The highest BCUT2D eigenvalue weighted by atomic mass is 32.2. The molecule has 8 heteroatoms. The van der Waals surface area contributed by atoms with Crippen LogP contribution >= 0.6 is 0 Å². The fourth-order valence-corrected chi connectivity index (χ4v) is 4.21. The Morgan fingerprint density at radius 1 is 1.36 bits per heavy atom. The third-order valence-corrected chi connectivity index (χ3v) is 5.70. The molecule has 0 N–H and O–H groups in total. The van der Waals surface area contributed by atoms with Gasteiger partial charge in [-0.25, -0.2) is 4.79 Å². The van der Waals surface area contributed by atoms with Gasteiger partial charge in [0.1, 0.15) is 6.07 Å². The van der Waals surface area contributed by atoms with Crippen LogP contribution in [0.15, 0.2) is 41.3 Å². The monoisotopic (exact) mass is 362 g/mol. The summed E-state index contributed by atoms with van der Waals surface area (Å²) in [4.78, 5) is 12.4. The number of esters is 1. The number of carbonyl (C=O) groups excluding carboxylic acids is 1. The van der Waals surface area contributed by atoms with Crippen molar-refractivity contribution in [1.82, 2.24) is 5.06 Å². The highest BCUT2D eigenvalue weighted by Crippen LogP contribution is 2.46. The quantitative estimate of drug-likeness (QED) is 0.581. The van der Waals surface area contributed by atoms with Crippen molar-refractivity contribution in [1.29, 1.82) is 5.26 Å². The Bertz CT molecular complexity index is 856. The van der Waals surface area contributed by atoms with E-state index in [-0.39, 0.29) is 11.5 Å². The van der Waals surface area contributed by atoms with E-state index in [1.54, 1.807) is 31.2 Å². The lowest BCUT2D eigenvalue weighted by Crippen LogP contribution is -2.57. The number of fused-ring (bicyclic) bond motifs is 2. The molecule has 1 heterocycles. The van der Waals surface area contributed by atoms with Gasteiger partial charge in [-0.15, -0.1) is 5.06 Å². The Balaban J connectivity index is 1.97. The molecule has 1 aromatic rings. The maximum atomic E-state index is 12.6. The first-order valence-electron chi connectivity index (χ1n) is 7.92. The molecule has 1 saturated heterocycles. The van der Waals surface area contributed by atoms with Gasteiger partial charge in [0, 0.05) is 5.92 Å². The maximum absolute atomic E-state index is 12.6. The van der Waals surface area contributed by atoms with Crippen LogP contribution in [0.1, 0.15) is 18.9 Å². The minimum Gasteiger partial charge on any atom is -0.464 e. The Morgan fingerprint density at radius 3 is 2.64 bits per heavy atom. The van der Waals surface area contributed by atoms with Gasteiger partial charge in [0.15, 0.2) is 0 Å². The average Bonchev–Trinajstić information content (AvgIpc) is 3.16. The van der Waals surface area contributed by atoms with Crippen molar-refractivity contribution in [2.24, 2.45) is 5.92 Å². The van der Waals surface area contributed by atoms with Crippen LogP contribution in [0.5, 0.6) is 0 Å². The second-order valence-electron chi connectivity index (χ2n) is 6.06. The van der Waals surface area contributed by atoms with Crippen molar-refractivity contribution in [3.63, 3.8) is 0 Å². The van der Waals surface area contributed by atoms with E-state index in [0.29, 0.717) is 6.42 Å². The first-order valence-corrected chi connectivity index (χ1v) is 9.33. The normalized spacial score (nSPS) is 28.0. The number of benzene rings is 1. The van der Waals surface area contributed by atoms with Crippen molar-refractivity contribution >= 4 is 16.1 Å². The van der Waals surface area contributed by atoms with Gasteiger partial charge in [0.25, 0.3) is 0 Å². The number of nitrogens with zero attached hydrogens (tertiary/aromatic N) is 2. The zero-order valence-corrected chi connectivity index (χ0v) is 14.7. The summed E-state index contributed by atoms with van der Waals surface area (Å²) in [5.41, 5.74) is -0.896. The molecule has 0 spiro atoms. The molecule has 3 atom stereocenters. The molecule has 0 radical (unpaired) electrons. The number of hydroxylamine groups is 2. The molecule has 0 aromatic heterocycles. The number of hydrogen-bond donors (Lipinski definition) is 0. The van der Waals surface area contributed by atoms with Crippen LogP contribution in [0.25, 0.3) is 0 Å². The summed E-state index contributed by atoms with van der Waals surface area (Å²) in [7, 11) is -4.18. The molecule has 132 valence electrons. The summed E-state index contributed by atoms with van der Waals surface area (Å²) in [5.74, 6) is -1.27. The SMILES string of the molecule is CCOC(=O)[C@]1(C#N)C2C=CC(C2)N1OS(=O)(=O)c1ccc(C)cc1. The minimum atomic E-state index is -4.18. The molecule has 0 amide bonds. The van der Waals surface area contributed by atoms with E-state index < -0.39 is 33.6 Å². The van der Waals surface area contributed by atoms with E-state index in [4.69, 9.17) is 9.02 Å². The molecular weight excluding hydrogens is 344 g/mol.